The molecule has 0 spiro atoms. The zero-order chi connectivity index (χ0) is 17.5. The van der Waals surface area contributed by atoms with Crippen LogP contribution >= 0.6 is 12.2 Å². The van der Waals surface area contributed by atoms with Crippen LogP contribution in [0.4, 0.5) is 5.69 Å². The Balaban J connectivity index is 2.04. The van der Waals surface area contributed by atoms with Crippen LogP contribution in [-0.2, 0) is 6.42 Å². The van der Waals surface area contributed by atoms with Gasteiger partial charge >= 0.3 is 0 Å². The fraction of sp³-hybridized carbons (Fsp3) is 0.300. The first-order valence-electron chi connectivity index (χ1n) is 8.35. The van der Waals surface area contributed by atoms with Crippen LogP contribution in [0, 0.1) is 0 Å². The molecule has 2 rings (SSSR count). The SMILES string of the molecule is CCc1ccc(C(=O)NC(=S)Nc2ccccc2[C@@H](C)CC)cc1. The number of para-hydroxylation sites is 1. The Bertz CT molecular complexity index is 710. The van der Waals surface area contributed by atoms with Gasteiger partial charge < -0.3 is 5.32 Å². The van der Waals surface area contributed by atoms with Crippen molar-refractivity contribution in [3.63, 3.8) is 0 Å². The van der Waals surface area contributed by atoms with Crippen LogP contribution in [0.25, 0.3) is 0 Å². The third kappa shape index (κ3) is 4.65. The molecule has 0 unspecified atom stereocenters. The van der Waals surface area contributed by atoms with E-state index in [1.54, 1.807) is 0 Å². The molecule has 0 heterocycles. The van der Waals surface area contributed by atoms with Crippen molar-refractivity contribution < 1.29 is 4.79 Å². The lowest BCUT2D eigenvalue weighted by atomic mass is 9.97. The summed E-state index contributed by atoms with van der Waals surface area (Å²) < 4.78 is 0. The zero-order valence-electron chi connectivity index (χ0n) is 14.4. The molecule has 0 aromatic heterocycles. The van der Waals surface area contributed by atoms with E-state index in [9.17, 15) is 4.79 Å². The Morgan fingerprint density at radius 2 is 1.75 bits per heavy atom. The van der Waals surface area contributed by atoms with E-state index in [2.05, 4.69) is 37.5 Å². The molecule has 1 atom stereocenters. The summed E-state index contributed by atoms with van der Waals surface area (Å²) in [6.07, 6.45) is 2.00. The molecule has 0 fully saturated rings. The van der Waals surface area contributed by atoms with Crippen molar-refractivity contribution in [2.24, 2.45) is 0 Å². The summed E-state index contributed by atoms with van der Waals surface area (Å²) in [5.41, 5.74) is 3.95. The molecule has 0 saturated heterocycles. The summed E-state index contributed by atoms with van der Waals surface area (Å²) in [6, 6.07) is 15.6. The number of thiocarbonyl (C=S) groups is 1. The third-order valence-electron chi connectivity index (χ3n) is 4.20. The van der Waals surface area contributed by atoms with E-state index in [0.717, 1.165) is 18.5 Å². The van der Waals surface area contributed by atoms with Crippen LogP contribution in [0.5, 0.6) is 0 Å². The number of rotatable bonds is 5. The number of nitrogens with one attached hydrogen (secondary N) is 2. The first kappa shape index (κ1) is 18.1. The van der Waals surface area contributed by atoms with Crippen molar-refractivity contribution in [3.05, 3.63) is 65.2 Å². The summed E-state index contributed by atoms with van der Waals surface area (Å²) >= 11 is 5.30. The van der Waals surface area contributed by atoms with Gasteiger partial charge in [0.05, 0.1) is 0 Å². The van der Waals surface area contributed by atoms with Gasteiger partial charge in [-0.3, -0.25) is 10.1 Å². The molecular formula is C20H24N2OS. The minimum Gasteiger partial charge on any atom is -0.332 e. The molecule has 0 aliphatic rings. The van der Waals surface area contributed by atoms with E-state index in [-0.39, 0.29) is 5.91 Å². The van der Waals surface area contributed by atoms with Crippen LogP contribution in [0.15, 0.2) is 48.5 Å². The summed E-state index contributed by atoms with van der Waals surface area (Å²) in [6.45, 7) is 6.42. The number of amides is 1. The largest absolute Gasteiger partial charge is 0.332 e. The highest BCUT2D eigenvalue weighted by atomic mass is 32.1. The zero-order valence-corrected chi connectivity index (χ0v) is 15.2. The van der Waals surface area contributed by atoms with Crippen molar-refractivity contribution in [1.29, 1.82) is 0 Å². The van der Waals surface area contributed by atoms with Crippen molar-refractivity contribution in [1.82, 2.24) is 5.32 Å². The average molecular weight is 340 g/mol. The van der Waals surface area contributed by atoms with Gasteiger partial charge in [-0.15, -0.1) is 0 Å². The normalized spacial score (nSPS) is 11.6. The quantitative estimate of drug-likeness (QED) is 0.762. The molecule has 2 aromatic rings. The standard InChI is InChI=1S/C20H24N2OS/c1-4-14(3)17-8-6-7-9-18(17)21-20(24)22-19(23)16-12-10-15(5-2)11-13-16/h6-14H,4-5H2,1-3H3,(H2,21,22,23,24)/t14-/m0/s1. The monoisotopic (exact) mass is 340 g/mol. The van der Waals surface area contributed by atoms with Crippen molar-refractivity contribution >= 4 is 28.9 Å². The minimum atomic E-state index is -0.198. The van der Waals surface area contributed by atoms with E-state index < -0.39 is 0 Å². The predicted molar refractivity (Wildman–Crippen MR) is 105 cm³/mol. The molecular weight excluding hydrogens is 316 g/mol. The van der Waals surface area contributed by atoms with Crippen LogP contribution < -0.4 is 10.6 Å². The number of carbonyl (C=O) groups excluding carboxylic acids is 1. The van der Waals surface area contributed by atoms with E-state index >= 15 is 0 Å². The van der Waals surface area contributed by atoms with E-state index in [1.165, 1.54) is 11.1 Å². The molecule has 0 bridgehead atoms. The molecule has 0 saturated carbocycles. The van der Waals surface area contributed by atoms with Gasteiger partial charge in [-0.25, -0.2) is 0 Å². The van der Waals surface area contributed by atoms with Gasteiger partial charge in [0.2, 0.25) is 0 Å². The number of hydrogen-bond donors (Lipinski definition) is 2. The van der Waals surface area contributed by atoms with Gasteiger partial charge in [0.15, 0.2) is 5.11 Å². The lowest BCUT2D eigenvalue weighted by Gasteiger charge is -2.17. The molecule has 3 nitrogen and oxygen atoms in total. The molecule has 4 heteroatoms. The number of carbonyl (C=O) groups is 1. The molecule has 1 amide bonds. The second-order valence-electron chi connectivity index (χ2n) is 5.86. The Morgan fingerprint density at radius 1 is 1.08 bits per heavy atom. The first-order valence-corrected chi connectivity index (χ1v) is 8.76. The highest BCUT2D eigenvalue weighted by Crippen LogP contribution is 2.26. The molecule has 0 aliphatic heterocycles. The smallest absolute Gasteiger partial charge is 0.257 e. The Kier molecular flexibility index (Phi) is 6.50. The van der Waals surface area contributed by atoms with Crippen LogP contribution in [0.3, 0.4) is 0 Å². The highest BCUT2D eigenvalue weighted by Gasteiger charge is 2.12. The van der Waals surface area contributed by atoms with Crippen molar-refractivity contribution in [2.75, 3.05) is 5.32 Å². The van der Waals surface area contributed by atoms with Crippen molar-refractivity contribution in [3.8, 4) is 0 Å². The van der Waals surface area contributed by atoms with E-state index in [4.69, 9.17) is 12.2 Å². The lowest BCUT2D eigenvalue weighted by Crippen LogP contribution is -2.34. The first-order chi connectivity index (χ1) is 11.5. The van der Waals surface area contributed by atoms with Gasteiger partial charge in [0.1, 0.15) is 0 Å². The van der Waals surface area contributed by atoms with Gasteiger partial charge in [-0.1, -0.05) is 51.1 Å². The van der Waals surface area contributed by atoms with Crippen LogP contribution in [0.1, 0.15) is 54.6 Å². The molecule has 0 aliphatic carbocycles. The summed E-state index contributed by atoms with van der Waals surface area (Å²) in [5.74, 6) is 0.227. The number of benzene rings is 2. The van der Waals surface area contributed by atoms with Crippen LogP contribution in [0.2, 0.25) is 0 Å². The number of aryl methyl sites for hydroxylation is 1. The topological polar surface area (TPSA) is 41.1 Å². The minimum absolute atomic E-state index is 0.198. The molecule has 126 valence electrons. The molecule has 2 aromatic carbocycles. The summed E-state index contributed by atoms with van der Waals surface area (Å²) in [7, 11) is 0. The average Bonchev–Trinajstić information content (AvgIpc) is 2.61. The van der Waals surface area contributed by atoms with Gasteiger partial charge in [-0.2, -0.15) is 0 Å². The summed E-state index contributed by atoms with van der Waals surface area (Å²) in [4.78, 5) is 12.3. The third-order valence-corrected chi connectivity index (χ3v) is 4.41. The van der Waals surface area contributed by atoms with Gasteiger partial charge in [-0.05, 0) is 60.3 Å². The number of anilines is 1. The van der Waals surface area contributed by atoms with Crippen molar-refractivity contribution in [2.45, 2.75) is 39.5 Å². The fourth-order valence-corrected chi connectivity index (χ4v) is 2.68. The Hall–Kier alpha value is -2.20. The van der Waals surface area contributed by atoms with Gasteiger partial charge in [0.25, 0.3) is 5.91 Å². The van der Waals surface area contributed by atoms with E-state index in [0.29, 0.717) is 16.6 Å². The fourth-order valence-electron chi connectivity index (χ4n) is 2.48. The maximum Gasteiger partial charge on any atom is 0.257 e. The maximum absolute atomic E-state index is 12.3. The highest BCUT2D eigenvalue weighted by molar-refractivity contribution is 7.80. The summed E-state index contributed by atoms with van der Waals surface area (Å²) in [5, 5.41) is 6.21. The second kappa shape index (κ2) is 8.60. The maximum atomic E-state index is 12.3. The van der Waals surface area contributed by atoms with Crippen LogP contribution in [-0.4, -0.2) is 11.0 Å². The Morgan fingerprint density at radius 3 is 2.38 bits per heavy atom. The number of hydrogen-bond acceptors (Lipinski definition) is 2. The molecule has 2 N–H and O–H groups in total. The lowest BCUT2D eigenvalue weighted by molar-refractivity contribution is 0.0977. The second-order valence-corrected chi connectivity index (χ2v) is 6.26. The van der Waals surface area contributed by atoms with E-state index in [1.807, 2.05) is 42.5 Å². The van der Waals surface area contributed by atoms with Gasteiger partial charge in [0, 0.05) is 11.3 Å². The predicted octanol–water partition coefficient (Wildman–Crippen LogP) is 4.89. The molecule has 24 heavy (non-hydrogen) atoms. The Labute approximate surface area is 149 Å². The molecule has 0 radical (unpaired) electrons.